The van der Waals surface area contributed by atoms with Gasteiger partial charge in [-0.1, -0.05) is 13.8 Å². The lowest BCUT2D eigenvalue weighted by molar-refractivity contribution is -0.118. The third-order valence-electron chi connectivity index (χ3n) is 1.41. The van der Waals surface area contributed by atoms with Crippen molar-refractivity contribution in [3.8, 4) is 0 Å². The predicted molar refractivity (Wildman–Crippen MR) is 41.5 cm³/mol. The fourth-order valence-corrected chi connectivity index (χ4v) is 0.777. The van der Waals surface area contributed by atoms with Crippen molar-refractivity contribution in [3.63, 3.8) is 0 Å². The second-order valence-electron chi connectivity index (χ2n) is 3.39. The Morgan fingerprint density at radius 2 is 2.10 bits per heavy atom. The Morgan fingerprint density at radius 3 is 2.40 bits per heavy atom. The molecular formula is C7H16N2O. The molecule has 0 aromatic heterocycles. The third kappa shape index (κ3) is 3.45. The Morgan fingerprint density at radius 1 is 1.60 bits per heavy atom. The van der Waals surface area contributed by atoms with Crippen LogP contribution in [-0.4, -0.2) is 31.4 Å². The summed E-state index contributed by atoms with van der Waals surface area (Å²) in [5, 5.41) is 0. The first-order valence-corrected chi connectivity index (χ1v) is 3.37. The van der Waals surface area contributed by atoms with Gasteiger partial charge in [0.25, 0.3) is 0 Å². The van der Waals surface area contributed by atoms with Gasteiger partial charge in [-0.05, 0) is 12.0 Å². The monoisotopic (exact) mass is 144 g/mol. The molecule has 2 N–H and O–H groups in total. The quantitative estimate of drug-likeness (QED) is 0.567. The fourth-order valence-electron chi connectivity index (χ4n) is 0.777. The molecule has 0 aliphatic carbocycles. The Bertz CT molecular complexity index is 112. The Hall–Kier alpha value is -0.570. The van der Waals surface area contributed by atoms with Crippen LogP contribution in [0.15, 0.2) is 0 Å². The van der Waals surface area contributed by atoms with E-state index in [2.05, 4.69) is 0 Å². The molecule has 0 aliphatic rings. The zero-order chi connectivity index (χ0) is 8.20. The minimum Gasteiger partial charge on any atom is -0.348 e. The largest absolute Gasteiger partial charge is 0.348 e. The van der Waals surface area contributed by atoms with Crippen LogP contribution in [-0.2, 0) is 4.79 Å². The van der Waals surface area contributed by atoms with Crippen LogP contribution in [0.5, 0.6) is 0 Å². The summed E-state index contributed by atoms with van der Waals surface area (Å²) >= 11 is 0. The smallest absolute Gasteiger partial charge is 0.209 e. The second kappa shape index (κ2) is 3.56. The number of rotatable bonds is 4. The van der Waals surface area contributed by atoms with Gasteiger partial charge < -0.3 is 10.6 Å². The summed E-state index contributed by atoms with van der Waals surface area (Å²) < 4.78 is 0. The summed E-state index contributed by atoms with van der Waals surface area (Å²) in [6.45, 7) is 5.39. The van der Waals surface area contributed by atoms with E-state index >= 15 is 0 Å². The Kier molecular flexibility index (Phi) is 3.36. The molecule has 0 saturated carbocycles. The maximum absolute atomic E-state index is 10.2. The number of nitrogens with zero attached hydrogens (tertiary/aromatic N) is 1. The molecule has 0 aromatic carbocycles. The minimum absolute atomic E-state index is 0.0374. The molecule has 0 unspecified atom stereocenters. The Labute approximate surface area is 62.2 Å². The van der Waals surface area contributed by atoms with Gasteiger partial charge in [0, 0.05) is 13.6 Å². The van der Waals surface area contributed by atoms with E-state index < -0.39 is 0 Å². The van der Waals surface area contributed by atoms with E-state index in [-0.39, 0.29) is 5.41 Å². The van der Waals surface area contributed by atoms with Crippen molar-refractivity contribution in [3.05, 3.63) is 0 Å². The van der Waals surface area contributed by atoms with Gasteiger partial charge in [-0.15, -0.1) is 0 Å². The normalized spacial score (nSPS) is 11.2. The first-order valence-electron chi connectivity index (χ1n) is 3.37. The van der Waals surface area contributed by atoms with Gasteiger partial charge in [0.2, 0.25) is 6.41 Å². The first kappa shape index (κ1) is 9.43. The SMILES string of the molecule is CN(C=O)CC(C)(C)CN. The topological polar surface area (TPSA) is 46.3 Å². The lowest BCUT2D eigenvalue weighted by Gasteiger charge is -2.26. The maximum atomic E-state index is 10.2. The van der Waals surface area contributed by atoms with Crippen molar-refractivity contribution in [2.75, 3.05) is 20.1 Å². The van der Waals surface area contributed by atoms with Crippen molar-refractivity contribution in [1.82, 2.24) is 4.90 Å². The van der Waals surface area contributed by atoms with Gasteiger partial charge in [-0.25, -0.2) is 0 Å². The Balaban J connectivity index is 3.75. The van der Waals surface area contributed by atoms with Gasteiger partial charge >= 0.3 is 0 Å². The van der Waals surface area contributed by atoms with Crippen molar-refractivity contribution in [1.29, 1.82) is 0 Å². The molecule has 0 aliphatic heterocycles. The van der Waals surface area contributed by atoms with Crippen molar-refractivity contribution in [2.45, 2.75) is 13.8 Å². The van der Waals surface area contributed by atoms with Crippen LogP contribution in [0, 0.1) is 5.41 Å². The predicted octanol–water partition coefficient (Wildman–Crippen LogP) is 0.0595. The maximum Gasteiger partial charge on any atom is 0.209 e. The average Bonchev–Trinajstić information content (AvgIpc) is 1.87. The molecular weight excluding hydrogens is 128 g/mol. The van der Waals surface area contributed by atoms with Gasteiger partial charge in [0.1, 0.15) is 0 Å². The highest BCUT2D eigenvalue weighted by molar-refractivity contribution is 5.46. The molecule has 0 saturated heterocycles. The van der Waals surface area contributed by atoms with Gasteiger partial charge in [-0.2, -0.15) is 0 Å². The van der Waals surface area contributed by atoms with E-state index in [1.807, 2.05) is 13.8 Å². The van der Waals surface area contributed by atoms with Crippen LogP contribution in [0.2, 0.25) is 0 Å². The number of carbonyl (C=O) groups is 1. The van der Waals surface area contributed by atoms with Crippen LogP contribution in [0.3, 0.4) is 0 Å². The molecule has 0 atom stereocenters. The number of carbonyl (C=O) groups excluding carboxylic acids is 1. The number of hydrogen-bond donors (Lipinski definition) is 1. The molecule has 0 aromatic rings. The summed E-state index contributed by atoms with van der Waals surface area (Å²) in [6.07, 6.45) is 0.817. The molecule has 0 rings (SSSR count). The van der Waals surface area contributed by atoms with E-state index in [9.17, 15) is 4.79 Å². The highest BCUT2D eigenvalue weighted by atomic mass is 16.1. The molecule has 3 nitrogen and oxygen atoms in total. The zero-order valence-electron chi connectivity index (χ0n) is 6.92. The number of amides is 1. The number of hydrogen-bond acceptors (Lipinski definition) is 2. The first-order chi connectivity index (χ1) is 4.52. The minimum atomic E-state index is 0.0374. The van der Waals surface area contributed by atoms with E-state index in [1.54, 1.807) is 11.9 Å². The van der Waals surface area contributed by atoms with Gasteiger partial charge in [0.05, 0.1) is 0 Å². The van der Waals surface area contributed by atoms with Crippen LogP contribution in [0.1, 0.15) is 13.8 Å². The lowest BCUT2D eigenvalue weighted by atomic mass is 9.93. The van der Waals surface area contributed by atoms with Crippen molar-refractivity contribution in [2.24, 2.45) is 11.1 Å². The lowest BCUT2D eigenvalue weighted by Crippen LogP contribution is -2.35. The summed E-state index contributed by atoms with van der Waals surface area (Å²) in [6, 6.07) is 0. The summed E-state index contributed by atoms with van der Waals surface area (Å²) in [4.78, 5) is 11.8. The molecule has 10 heavy (non-hydrogen) atoms. The molecule has 1 amide bonds. The molecule has 0 heterocycles. The molecule has 0 bridgehead atoms. The standard InChI is InChI=1S/C7H16N2O/c1-7(2,4-8)5-9(3)6-10/h6H,4-5,8H2,1-3H3. The summed E-state index contributed by atoms with van der Waals surface area (Å²) in [5.74, 6) is 0. The average molecular weight is 144 g/mol. The van der Waals surface area contributed by atoms with Crippen LogP contribution >= 0.6 is 0 Å². The highest BCUT2D eigenvalue weighted by Crippen LogP contribution is 2.12. The summed E-state index contributed by atoms with van der Waals surface area (Å²) in [5.41, 5.74) is 5.50. The van der Waals surface area contributed by atoms with Crippen LogP contribution < -0.4 is 5.73 Å². The number of nitrogens with two attached hydrogens (primary N) is 1. The van der Waals surface area contributed by atoms with E-state index in [4.69, 9.17) is 5.73 Å². The molecule has 0 radical (unpaired) electrons. The van der Waals surface area contributed by atoms with E-state index in [1.165, 1.54) is 0 Å². The fraction of sp³-hybridized carbons (Fsp3) is 0.857. The van der Waals surface area contributed by atoms with Crippen molar-refractivity contribution < 1.29 is 4.79 Å². The third-order valence-corrected chi connectivity index (χ3v) is 1.41. The zero-order valence-corrected chi connectivity index (χ0v) is 6.92. The van der Waals surface area contributed by atoms with Crippen molar-refractivity contribution >= 4 is 6.41 Å². The van der Waals surface area contributed by atoms with Gasteiger partial charge in [-0.3, -0.25) is 4.79 Å². The molecule has 60 valence electrons. The van der Waals surface area contributed by atoms with Crippen LogP contribution in [0.25, 0.3) is 0 Å². The van der Waals surface area contributed by atoms with Gasteiger partial charge in [0.15, 0.2) is 0 Å². The highest BCUT2D eigenvalue weighted by Gasteiger charge is 2.16. The van der Waals surface area contributed by atoms with E-state index in [0.29, 0.717) is 13.1 Å². The molecule has 3 heteroatoms. The molecule has 0 spiro atoms. The van der Waals surface area contributed by atoms with Crippen LogP contribution in [0.4, 0.5) is 0 Å². The van der Waals surface area contributed by atoms with E-state index in [0.717, 1.165) is 6.41 Å². The molecule has 0 fully saturated rings. The second-order valence-corrected chi connectivity index (χ2v) is 3.39. The summed E-state index contributed by atoms with van der Waals surface area (Å²) in [7, 11) is 1.75.